The lowest BCUT2D eigenvalue weighted by Crippen LogP contribution is -1.78. The third-order valence-electron chi connectivity index (χ3n) is 1.74. The fourth-order valence-corrected chi connectivity index (χ4v) is 2.50. The van der Waals surface area contributed by atoms with E-state index in [1.165, 1.54) is 5.39 Å². The summed E-state index contributed by atoms with van der Waals surface area (Å²) in [5.41, 5.74) is 1.09. The van der Waals surface area contributed by atoms with Crippen molar-refractivity contribution in [1.29, 1.82) is 0 Å². The molecule has 0 aliphatic heterocycles. The molecular weight excluding hydrogens is 212 g/mol. The van der Waals surface area contributed by atoms with Crippen molar-refractivity contribution in [3.63, 3.8) is 0 Å². The molecule has 0 saturated heterocycles. The van der Waals surface area contributed by atoms with Crippen molar-refractivity contribution >= 4 is 40.2 Å². The van der Waals surface area contributed by atoms with Gasteiger partial charge in [-0.2, -0.15) is 0 Å². The van der Waals surface area contributed by atoms with E-state index in [1.54, 1.807) is 0 Å². The number of rotatable bonds is 1. The lowest BCUT2D eigenvalue weighted by molar-refractivity contribution is 1.35. The monoisotopic (exact) mass is 217 g/mol. The third kappa shape index (κ3) is 1.33. The second-order valence-electron chi connectivity index (χ2n) is 2.43. The van der Waals surface area contributed by atoms with Crippen molar-refractivity contribution in [2.45, 2.75) is 0 Å². The first kappa shape index (κ1) is 8.37. The molecule has 12 heavy (non-hydrogen) atoms. The van der Waals surface area contributed by atoms with Crippen LogP contribution in [0, 0.1) is 0 Å². The van der Waals surface area contributed by atoms with Gasteiger partial charge in [0.25, 0.3) is 0 Å². The summed E-state index contributed by atoms with van der Waals surface area (Å²) >= 11 is 11.6. The van der Waals surface area contributed by atoms with Crippen LogP contribution in [0.3, 0.4) is 0 Å². The molecule has 4 heteroatoms. The summed E-state index contributed by atoms with van der Waals surface area (Å²) in [7, 11) is 0. The number of fused-ring (bicyclic) bond motifs is 1. The Balaban J connectivity index is 2.70. The smallest absolute Gasteiger partial charge is 0.191 e. The van der Waals surface area contributed by atoms with Crippen LogP contribution in [0.2, 0.25) is 0 Å². The summed E-state index contributed by atoms with van der Waals surface area (Å²) in [5.74, 6) is 0. The molecule has 0 amide bonds. The first-order valence-corrected chi connectivity index (χ1v) is 6.57. The van der Waals surface area contributed by atoms with Crippen LogP contribution in [0.25, 0.3) is 10.9 Å². The summed E-state index contributed by atoms with van der Waals surface area (Å²) in [6.07, 6.45) is 1.91. The van der Waals surface area contributed by atoms with Crippen molar-refractivity contribution in [3.8, 4) is 0 Å². The molecule has 0 saturated carbocycles. The highest BCUT2D eigenvalue weighted by atomic mass is 35.9. The van der Waals surface area contributed by atoms with Gasteiger partial charge >= 0.3 is 0 Å². The summed E-state index contributed by atoms with van der Waals surface area (Å²) in [5, 5.41) is 1.17. The van der Waals surface area contributed by atoms with Crippen molar-refractivity contribution in [3.05, 3.63) is 36.5 Å². The Kier molecular flexibility index (Phi) is 2.27. The van der Waals surface area contributed by atoms with Gasteiger partial charge in [-0.25, -0.2) is 0 Å². The van der Waals surface area contributed by atoms with E-state index in [0.29, 0.717) is 0 Å². The summed E-state index contributed by atoms with van der Waals surface area (Å²) in [4.78, 5) is 0. The molecule has 62 valence electrons. The van der Waals surface area contributed by atoms with Crippen LogP contribution in [0.15, 0.2) is 36.5 Å². The van der Waals surface area contributed by atoms with Crippen LogP contribution in [0.5, 0.6) is 0 Å². The van der Waals surface area contributed by atoms with Crippen LogP contribution >= 0.6 is 29.3 Å². The molecule has 0 bridgehead atoms. The van der Waals surface area contributed by atoms with Crippen molar-refractivity contribution in [2.24, 2.45) is 0 Å². The van der Waals surface area contributed by atoms with Crippen LogP contribution < -0.4 is 0 Å². The molecule has 2 aromatic rings. The number of halogens is 2. The van der Waals surface area contributed by atoms with Gasteiger partial charge in [-0.05, 0) is 17.5 Å². The van der Waals surface area contributed by atoms with Crippen molar-refractivity contribution < 1.29 is 0 Å². The minimum absolute atomic E-state index is 1.09. The number of para-hydroxylation sites is 1. The average molecular weight is 218 g/mol. The number of nitrogens with zero attached hydrogens (tertiary/aromatic N) is 1. The Hall–Kier alpha value is -0.230. The van der Waals surface area contributed by atoms with E-state index in [1.807, 2.05) is 40.9 Å². The normalized spacial score (nSPS) is 11.2. The zero-order chi connectivity index (χ0) is 8.55. The second kappa shape index (κ2) is 3.26. The zero-order valence-electron chi connectivity index (χ0n) is 6.11. The first-order valence-electron chi connectivity index (χ1n) is 3.47. The number of aromatic nitrogens is 1. The molecule has 0 fully saturated rings. The van der Waals surface area contributed by atoms with Gasteiger partial charge in [0.2, 0.25) is 0 Å². The molecule has 0 radical (unpaired) electrons. The van der Waals surface area contributed by atoms with Crippen LogP contribution in [-0.4, -0.2) is 4.34 Å². The number of hydrogen-bond donors (Lipinski definition) is 0. The van der Waals surface area contributed by atoms with Gasteiger partial charge in [-0.3, -0.25) is 0 Å². The van der Waals surface area contributed by atoms with Gasteiger partial charge in [0.05, 0.1) is 5.52 Å². The van der Waals surface area contributed by atoms with Crippen molar-refractivity contribution in [2.75, 3.05) is 0 Å². The highest BCUT2D eigenvalue weighted by Gasteiger charge is 2.05. The molecule has 1 heterocycles. The maximum atomic E-state index is 5.82. The maximum Gasteiger partial charge on any atom is 0.191 e. The highest BCUT2D eigenvalue weighted by Crippen LogP contribution is 2.49. The Labute approximate surface area is 81.3 Å². The van der Waals surface area contributed by atoms with Crippen LogP contribution in [-0.2, 0) is 0 Å². The van der Waals surface area contributed by atoms with Gasteiger partial charge in [0.15, 0.2) is 6.78 Å². The van der Waals surface area contributed by atoms with E-state index in [0.717, 1.165) is 5.52 Å². The molecule has 0 aliphatic carbocycles. The molecule has 0 N–H and O–H groups in total. The minimum atomic E-state index is -1.10. The van der Waals surface area contributed by atoms with E-state index in [2.05, 4.69) is 0 Å². The highest BCUT2D eigenvalue weighted by molar-refractivity contribution is 8.02. The standard InChI is InChI=1S/C8H6Cl2NP/c9-12(10)11-6-5-7-3-1-2-4-8(7)11/h1-6H. The summed E-state index contributed by atoms with van der Waals surface area (Å²) < 4.78 is 1.88. The molecule has 0 atom stereocenters. The van der Waals surface area contributed by atoms with Gasteiger partial charge in [-0.15, -0.1) is 0 Å². The first-order chi connectivity index (χ1) is 5.79. The van der Waals surface area contributed by atoms with E-state index in [-0.39, 0.29) is 0 Å². The molecule has 2 rings (SSSR count). The lowest BCUT2D eigenvalue weighted by atomic mass is 10.3. The van der Waals surface area contributed by atoms with E-state index >= 15 is 0 Å². The second-order valence-corrected chi connectivity index (χ2v) is 5.74. The van der Waals surface area contributed by atoms with E-state index in [4.69, 9.17) is 22.5 Å². The topological polar surface area (TPSA) is 4.93 Å². The fraction of sp³-hybridized carbons (Fsp3) is 0. The SMILES string of the molecule is ClP(Cl)n1ccc2ccccc21. The average Bonchev–Trinajstić information content (AvgIpc) is 2.47. The number of benzene rings is 1. The molecule has 0 unspecified atom stereocenters. The molecule has 0 aliphatic rings. The molecule has 1 nitrogen and oxygen atoms in total. The third-order valence-corrected chi connectivity index (χ3v) is 3.39. The Morgan fingerprint density at radius 3 is 2.58 bits per heavy atom. The molecular formula is C8H6Cl2NP. The molecule has 0 spiro atoms. The Morgan fingerprint density at radius 1 is 1.08 bits per heavy atom. The predicted molar refractivity (Wildman–Crippen MR) is 56.0 cm³/mol. The quantitative estimate of drug-likeness (QED) is 0.632. The van der Waals surface area contributed by atoms with Crippen LogP contribution in [0.1, 0.15) is 0 Å². The fourth-order valence-electron chi connectivity index (χ4n) is 1.20. The van der Waals surface area contributed by atoms with Crippen molar-refractivity contribution in [1.82, 2.24) is 4.34 Å². The summed E-state index contributed by atoms with van der Waals surface area (Å²) in [6.45, 7) is -1.10. The zero-order valence-corrected chi connectivity index (χ0v) is 8.52. The number of hydrogen-bond acceptors (Lipinski definition) is 0. The Bertz CT molecular complexity index is 397. The van der Waals surface area contributed by atoms with E-state index in [9.17, 15) is 0 Å². The van der Waals surface area contributed by atoms with Gasteiger partial charge in [-0.1, -0.05) is 40.7 Å². The largest absolute Gasteiger partial charge is 0.301 e. The maximum absolute atomic E-state index is 5.82. The van der Waals surface area contributed by atoms with Gasteiger partial charge < -0.3 is 4.34 Å². The van der Waals surface area contributed by atoms with Gasteiger partial charge in [0, 0.05) is 6.20 Å². The minimum Gasteiger partial charge on any atom is -0.301 e. The van der Waals surface area contributed by atoms with Gasteiger partial charge in [0.1, 0.15) is 0 Å². The summed E-state index contributed by atoms with van der Waals surface area (Å²) in [6, 6.07) is 10.0. The molecule has 1 aromatic carbocycles. The predicted octanol–water partition coefficient (Wildman–Crippen LogP) is 4.19. The Morgan fingerprint density at radius 2 is 1.83 bits per heavy atom. The van der Waals surface area contributed by atoms with E-state index < -0.39 is 6.78 Å². The van der Waals surface area contributed by atoms with Crippen LogP contribution in [0.4, 0.5) is 0 Å². The molecule has 1 aromatic heterocycles. The lowest BCUT2D eigenvalue weighted by Gasteiger charge is -2.02.